The number of nitrogens with zero attached hydrogens (tertiary/aromatic N) is 1. The van der Waals surface area contributed by atoms with E-state index < -0.39 is 15.6 Å². The minimum absolute atomic E-state index is 0.133. The van der Waals surface area contributed by atoms with E-state index in [2.05, 4.69) is 0 Å². The van der Waals surface area contributed by atoms with E-state index in [4.69, 9.17) is 11.6 Å². The van der Waals surface area contributed by atoms with Crippen LogP contribution in [0.5, 0.6) is 0 Å². The van der Waals surface area contributed by atoms with Crippen LogP contribution < -0.4 is 0 Å². The maximum Gasteiger partial charge on any atom is 0.244 e. The predicted octanol–water partition coefficient (Wildman–Crippen LogP) is 1.88. The van der Waals surface area contributed by atoms with E-state index in [0.29, 0.717) is 25.9 Å². The molecule has 0 bridgehead atoms. The summed E-state index contributed by atoms with van der Waals surface area (Å²) < 4.78 is 26.1. The van der Waals surface area contributed by atoms with Gasteiger partial charge in [0.2, 0.25) is 10.0 Å². The molecule has 1 fully saturated rings. The van der Waals surface area contributed by atoms with Crippen LogP contribution in [0.25, 0.3) is 0 Å². The molecule has 0 amide bonds. The van der Waals surface area contributed by atoms with Crippen molar-refractivity contribution in [3.63, 3.8) is 0 Å². The van der Waals surface area contributed by atoms with Crippen molar-refractivity contribution in [1.29, 1.82) is 0 Å². The summed E-state index contributed by atoms with van der Waals surface area (Å²) in [5, 5.41) is 10.1. The fourth-order valence-electron chi connectivity index (χ4n) is 2.00. The average molecular weight is 290 g/mol. The third-order valence-electron chi connectivity index (χ3n) is 3.25. The Morgan fingerprint density at radius 2 is 1.83 bits per heavy atom. The van der Waals surface area contributed by atoms with Crippen molar-refractivity contribution < 1.29 is 13.5 Å². The van der Waals surface area contributed by atoms with Crippen LogP contribution in [-0.2, 0) is 10.0 Å². The molecule has 6 heteroatoms. The van der Waals surface area contributed by atoms with Gasteiger partial charge in [-0.15, -0.1) is 0 Å². The average Bonchev–Trinajstić information content (AvgIpc) is 2.28. The first kappa shape index (κ1) is 13.8. The van der Waals surface area contributed by atoms with Crippen LogP contribution in [0.4, 0.5) is 0 Å². The van der Waals surface area contributed by atoms with Crippen LogP contribution in [0, 0.1) is 0 Å². The highest BCUT2D eigenvalue weighted by Crippen LogP contribution is 2.29. The molecule has 1 aromatic carbocycles. The smallest absolute Gasteiger partial charge is 0.244 e. The summed E-state index contributed by atoms with van der Waals surface area (Å²) in [4.78, 5) is 0.133. The Balaban J connectivity index is 2.26. The van der Waals surface area contributed by atoms with Crippen molar-refractivity contribution >= 4 is 21.6 Å². The van der Waals surface area contributed by atoms with Crippen molar-refractivity contribution in [2.75, 3.05) is 13.1 Å². The van der Waals surface area contributed by atoms with Gasteiger partial charge < -0.3 is 5.11 Å². The Morgan fingerprint density at radius 1 is 1.28 bits per heavy atom. The van der Waals surface area contributed by atoms with Crippen LogP contribution >= 0.6 is 11.6 Å². The van der Waals surface area contributed by atoms with Gasteiger partial charge in [0, 0.05) is 13.1 Å². The third kappa shape index (κ3) is 2.69. The number of hydrogen-bond acceptors (Lipinski definition) is 3. The highest BCUT2D eigenvalue weighted by molar-refractivity contribution is 7.89. The molecule has 0 saturated carbocycles. The summed E-state index contributed by atoms with van der Waals surface area (Å²) in [6.45, 7) is 2.37. The number of halogens is 1. The van der Waals surface area contributed by atoms with Gasteiger partial charge in [0.1, 0.15) is 4.90 Å². The number of sulfonamides is 1. The van der Waals surface area contributed by atoms with Crippen LogP contribution in [0.2, 0.25) is 5.02 Å². The van der Waals surface area contributed by atoms with E-state index in [1.54, 1.807) is 25.1 Å². The maximum absolute atomic E-state index is 12.4. The second-order valence-corrected chi connectivity index (χ2v) is 7.15. The van der Waals surface area contributed by atoms with Crippen LogP contribution in [0.1, 0.15) is 19.8 Å². The Labute approximate surface area is 112 Å². The molecule has 1 saturated heterocycles. The lowest BCUT2D eigenvalue weighted by molar-refractivity contribution is 0.0126. The second-order valence-electron chi connectivity index (χ2n) is 4.83. The summed E-state index contributed by atoms with van der Waals surface area (Å²) in [6.07, 6.45) is 0.882. The molecule has 2 rings (SSSR count). The molecule has 1 aromatic rings. The normalized spacial score (nSPS) is 20.8. The quantitative estimate of drug-likeness (QED) is 0.904. The molecule has 1 heterocycles. The molecule has 0 aromatic heterocycles. The zero-order chi connectivity index (χ0) is 13.4. The minimum atomic E-state index is -3.55. The zero-order valence-corrected chi connectivity index (χ0v) is 11.7. The molecule has 0 aliphatic carbocycles. The standard InChI is InChI=1S/C12H16ClNO3S/c1-12(15)6-8-14(9-7-12)18(16,17)11-5-3-2-4-10(11)13/h2-5,15H,6-9H2,1H3. The second kappa shape index (κ2) is 4.81. The molecule has 4 nitrogen and oxygen atoms in total. The van der Waals surface area contributed by atoms with E-state index in [0.717, 1.165) is 0 Å². The molecular weight excluding hydrogens is 274 g/mol. The molecule has 0 unspecified atom stereocenters. The number of benzene rings is 1. The lowest BCUT2D eigenvalue weighted by Gasteiger charge is -2.35. The fourth-order valence-corrected chi connectivity index (χ4v) is 3.94. The Morgan fingerprint density at radius 3 is 2.39 bits per heavy atom. The predicted molar refractivity (Wildman–Crippen MR) is 70.1 cm³/mol. The van der Waals surface area contributed by atoms with Crippen molar-refractivity contribution in [1.82, 2.24) is 4.31 Å². The highest BCUT2D eigenvalue weighted by atomic mass is 35.5. The first-order valence-corrected chi connectivity index (χ1v) is 7.62. The molecule has 1 N–H and O–H groups in total. The number of hydrogen-bond donors (Lipinski definition) is 1. The largest absolute Gasteiger partial charge is 0.390 e. The van der Waals surface area contributed by atoms with Gasteiger partial charge in [-0.3, -0.25) is 0 Å². The van der Waals surface area contributed by atoms with Gasteiger partial charge in [0.15, 0.2) is 0 Å². The van der Waals surface area contributed by atoms with Gasteiger partial charge in [-0.05, 0) is 31.9 Å². The van der Waals surface area contributed by atoms with E-state index in [1.807, 2.05) is 0 Å². The highest BCUT2D eigenvalue weighted by Gasteiger charge is 2.34. The van der Waals surface area contributed by atoms with E-state index >= 15 is 0 Å². The Bertz CT molecular complexity index is 532. The first-order valence-electron chi connectivity index (χ1n) is 5.80. The maximum atomic E-state index is 12.4. The summed E-state index contributed by atoms with van der Waals surface area (Å²) in [6, 6.07) is 6.42. The summed E-state index contributed by atoms with van der Waals surface area (Å²) >= 11 is 5.93. The molecule has 18 heavy (non-hydrogen) atoms. The Kier molecular flexibility index (Phi) is 3.69. The number of rotatable bonds is 2. The van der Waals surface area contributed by atoms with E-state index in [1.165, 1.54) is 10.4 Å². The molecule has 0 radical (unpaired) electrons. The van der Waals surface area contributed by atoms with Crippen LogP contribution in [0.3, 0.4) is 0 Å². The van der Waals surface area contributed by atoms with Gasteiger partial charge in [0.25, 0.3) is 0 Å². The van der Waals surface area contributed by atoms with Crippen molar-refractivity contribution in [2.24, 2.45) is 0 Å². The lowest BCUT2D eigenvalue weighted by Crippen LogP contribution is -2.45. The fraction of sp³-hybridized carbons (Fsp3) is 0.500. The topological polar surface area (TPSA) is 57.6 Å². The summed E-state index contributed by atoms with van der Waals surface area (Å²) in [7, 11) is -3.55. The molecule has 0 spiro atoms. The van der Waals surface area contributed by atoms with Gasteiger partial charge >= 0.3 is 0 Å². The molecular formula is C12H16ClNO3S. The molecule has 1 aliphatic rings. The van der Waals surface area contributed by atoms with Gasteiger partial charge in [-0.1, -0.05) is 23.7 Å². The molecule has 1 aliphatic heterocycles. The van der Waals surface area contributed by atoms with Crippen molar-refractivity contribution in [3.8, 4) is 0 Å². The third-order valence-corrected chi connectivity index (χ3v) is 5.65. The van der Waals surface area contributed by atoms with Crippen molar-refractivity contribution in [2.45, 2.75) is 30.3 Å². The van der Waals surface area contributed by atoms with Crippen LogP contribution in [-0.4, -0.2) is 36.5 Å². The summed E-state index contributed by atoms with van der Waals surface area (Å²) in [5.74, 6) is 0. The Hall–Kier alpha value is -0.620. The first-order chi connectivity index (χ1) is 8.33. The van der Waals surface area contributed by atoms with E-state index in [9.17, 15) is 13.5 Å². The SMILES string of the molecule is CC1(O)CCN(S(=O)(=O)c2ccccc2Cl)CC1. The summed E-state index contributed by atoms with van der Waals surface area (Å²) in [5.41, 5.74) is -0.771. The zero-order valence-electron chi connectivity index (χ0n) is 10.1. The number of aliphatic hydroxyl groups is 1. The molecule has 0 atom stereocenters. The van der Waals surface area contributed by atoms with Gasteiger partial charge in [-0.2, -0.15) is 4.31 Å². The lowest BCUT2D eigenvalue weighted by atomic mass is 9.95. The minimum Gasteiger partial charge on any atom is -0.390 e. The monoisotopic (exact) mass is 289 g/mol. The van der Waals surface area contributed by atoms with Gasteiger partial charge in [-0.25, -0.2) is 8.42 Å². The van der Waals surface area contributed by atoms with Crippen molar-refractivity contribution in [3.05, 3.63) is 29.3 Å². The number of piperidine rings is 1. The van der Waals surface area contributed by atoms with Gasteiger partial charge in [0.05, 0.1) is 10.6 Å². The van der Waals surface area contributed by atoms with Crippen LogP contribution in [0.15, 0.2) is 29.2 Å². The molecule has 100 valence electrons. The van der Waals surface area contributed by atoms with E-state index in [-0.39, 0.29) is 9.92 Å².